The Morgan fingerprint density at radius 3 is 2.95 bits per heavy atom. The molecular weight excluding hydrogens is 306 g/mol. The van der Waals surface area contributed by atoms with Crippen LogP contribution < -0.4 is 5.32 Å². The zero-order chi connectivity index (χ0) is 15.1. The molecule has 0 unspecified atom stereocenters. The van der Waals surface area contributed by atoms with Crippen molar-refractivity contribution < 1.29 is 4.74 Å². The van der Waals surface area contributed by atoms with Gasteiger partial charge in [0.25, 0.3) is 0 Å². The molecular formula is C15H18ClN3OS. The van der Waals surface area contributed by atoms with Crippen molar-refractivity contribution in [2.24, 2.45) is 0 Å². The minimum absolute atomic E-state index is 0.692. The van der Waals surface area contributed by atoms with E-state index in [1.165, 1.54) is 17.3 Å². The molecule has 0 fully saturated rings. The SMILES string of the molecule is COCCNCc1ccc(Cl)cc1Sc1nccc(C)n1. The average Bonchev–Trinajstić information content (AvgIpc) is 2.45. The second-order valence-electron chi connectivity index (χ2n) is 4.50. The molecule has 0 aliphatic heterocycles. The Morgan fingerprint density at radius 2 is 2.19 bits per heavy atom. The Morgan fingerprint density at radius 1 is 1.33 bits per heavy atom. The van der Waals surface area contributed by atoms with Crippen LogP contribution in [0.4, 0.5) is 0 Å². The fourth-order valence-electron chi connectivity index (χ4n) is 1.74. The van der Waals surface area contributed by atoms with E-state index < -0.39 is 0 Å². The molecule has 1 heterocycles. The lowest BCUT2D eigenvalue weighted by Gasteiger charge is -2.10. The van der Waals surface area contributed by atoms with Gasteiger partial charge >= 0.3 is 0 Å². The second-order valence-corrected chi connectivity index (χ2v) is 5.95. The molecule has 112 valence electrons. The monoisotopic (exact) mass is 323 g/mol. The van der Waals surface area contributed by atoms with E-state index in [1.54, 1.807) is 13.3 Å². The van der Waals surface area contributed by atoms with Crippen molar-refractivity contribution in [3.05, 3.63) is 46.7 Å². The van der Waals surface area contributed by atoms with Crippen LogP contribution in [0.5, 0.6) is 0 Å². The third kappa shape index (κ3) is 5.28. The molecule has 0 bridgehead atoms. The quantitative estimate of drug-likeness (QED) is 0.625. The van der Waals surface area contributed by atoms with Gasteiger partial charge in [-0.1, -0.05) is 17.7 Å². The van der Waals surface area contributed by atoms with Crippen LogP contribution in [-0.4, -0.2) is 30.2 Å². The molecule has 1 aromatic carbocycles. The van der Waals surface area contributed by atoms with Crippen LogP contribution >= 0.6 is 23.4 Å². The summed E-state index contributed by atoms with van der Waals surface area (Å²) in [7, 11) is 1.69. The molecule has 6 heteroatoms. The highest BCUT2D eigenvalue weighted by Crippen LogP contribution is 2.30. The number of hydrogen-bond donors (Lipinski definition) is 1. The molecule has 0 spiro atoms. The molecule has 2 aromatic rings. The van der Waals surface area contributed by atoms with E-state index in [-0.39, 0.29) is 0 Å². The Bertz CT molecular complexity index is 595. The van der Waals surface area contributed by atoms with E-state index in [4.69, 9.17) is 16.3 Å². The first-order valence-corrected chi connectivity index (χ1v) is 7.84. The number of methoxy groups -OCH3 is 1. The molecule has 21 heavy (non-hydrogen) atoms. The van der Waals surface area contributed by atoms with E-state index in [0.29, 0.717) is 11.6 Å². The highest BCUT2D eigenvalue weighted by Gasteiger charge is 2.07. The van der Waals surface area contributed by atoms with Crippen molar-refractivity contribution in [2.45, 2.75) is 23.5 Å². The van der Waals surface area contributed by atoms with Crippen LogP contribution in [-0.2, 0) is 11.3 Å². The summed E-state index contributed by atoms with van der Waals surface area (Å²) in [4.78, 5) is 9.77. The van der Waals surface area contributed by atoms with Crippen LogP contribution in [0.2, 0.25) is 5.02 Å². The van der Waals surface area contributed by atoms with Gasteiger partial charge in [-0.3, -0.25) is 0 Å². The van der Waals surface area contributed by atoms with Gasteiger partial charge < -0.3 is 10.1 Å². The van der Waals surface area contributed by atoms with Crippen LogP contribution in [0.15, 0.2) is 40.5 Å². The largest absolute Gasteiger partial charge is 0.383 e. The fourth-order valence-corrected chi connectivity index (χ4v) is 2.93. The Labute approximate surface area is 134 Å². The Kier molecular flexibility index (Phi) is 6.45. The molecule has 0 aliphatic carbocycles. The van der Waals surface area contributed by atoms with Gasteiger partial charge in [0, 0.05) is 42.0 Å². The molecule has 1 N–H and O–H groups in total. The molecule has 0 saturated heterocycles. The van der Waals surface area contributed by atoms with E-state index >= 15 is 0 Å². The van der Waals surface area contributed by atoms with E-state index in [0.717, 1.165) is 28.8 Å². The van der Waals surface area contributed by atoms with Crippen LogP contribution in [0, 0.1) is 6.92 Å². The number of nitrogens with one attached hydrogen (secondary N) is 1. The first kappa shape index (κ1) is 16.2. The van der Waals surface area contributed by atoms with E-state index in [2.05, 4.69) is 15.3 Å². The molecule has 0 atom stereocenters. The van der Waals surface area contributed by atoms with Gasteiger partial charge in [0.05, 0.1) is 6.61 Å². The zero-order valence-corrected chi connectivity index (χ0v) is 13.7. The summed E-state index contributed by atoms with van der Waals surface area (Å²) in [6.07, 6.45) is 1.77. The summed E-state index contributed by atoms with van der Waals surface area (Å²) < 4.78 is 5.03. The number of rotatable bonds is 7. The number of hydrogen-bond acceptors (Lipinski definition) is 5. The number of ether oxygens (including phenoxy) is 1. The molecule has 2 rings (SSSR count). The topological polar surface area (TPSA) is 47.0 Å². The van der Waals surface area contributed by atoms with Gasteiger partial charge in [-0.15, -0.1) is 0 Å². The Balaban J connectivity index is 2.11. The summed E-state index contributed by atoms with van der Waals surface area (Å²) in [6, 6.07) is 7.76. The predicted octanol–water partition coefficient (Wildman–Crippen LogP) is 3.33. The first-order chi connectivity index (χ1) is 10.2. The molecule has 0 amide bonds. The average molecular weight is 324 g/mol. The van der Waals surface area contributed by atoms with Gasteiger partial charge in [0.1, 0.15) is 0 Å². The number of nitrogens with zero attached hydrogens (tertiary/aromatic N) is 2. The van der Waals surface area contributed by atoms with Crippen molar-refractivity contribution in [1.29, 1.82) is 0 Å². The maximum atomic E-state index is 6.10. The van der Waals surface area contributed by atoms with Crippen molar-refractivity contribution in [3.63, 3.8) is 0 Å². The van der Waals surface area contributed by atoms with Crippen LogP contribution in [0.1, 0.15) is 11.3 Å². The van der Waals surface area contributed by atoms with Gasteiger partial charge in [-0.25, -0.2) is 9.97 Å². The minimum atomic E-state index is 0.692. The fraction of sp³-hybridized carbons (Fsp3) is 0.333. The molecule has 0 aliphatic rings. The highest BCUT2D eigenvalue weighted by molar-refractivity contribution is 7.99. The zero-order valence-electron chi connectivity index (χ0n) is 12.1. The van der Waals surface area contributed by atoms with Crippen molar-refractivity contribution in [2.75, 3.05) is 20.3 Å². The summed E-state index contributed by atoms with van der Waals surface area (Å²) in [6.45, 7) is 4.22. The predicted molar refractivity (Wildman–Crippen MR) is 85.9 cm³/mol. The Hall–Kier alpha value is -1.14. The van der Waals surface area contributed by atoms with Gasteiger partial charge in [0.15, 0.2) is 5.16 Å². The number of aryl methyl sites for hydroxylation is 1. The summed E-state index contributed by atoms with van der Waals surface area (Å²) in [5.74, 6) is 0. The molecule has 0 radical (unpaired) electrons. The van der Waals surface area contributed by atoms with Gasteiger partial charge in [-0.05, 0) is 42.4 Å². The normalized spacial score (nSPS) is 10.8. The number of aromatic nitrogens is 2. The maximum absolute atomic E-state index is 6.10. The smallest absolute Gasteiger partial charge is 0.192 e. The van der Waals surface area contributed by atoms with E-state index in [1.807, 2.05) is 31.2 Å². The summed E-state index contributed by atoms with van der Waals surface area (Å²) >= 11 is 7.63. The van der Waals surface area contributed by atoms with Crippen LogP contribution in [0.25, 0.3) is 0 Å². The lowest BCUT2D eigenvalue weighted by Crippen LogP contribution is -2.18. The van der Waals surface area contributed by atoms with Crippen molar-refractivity contribution >= 4 is 23.4 Å². The lowest BCUT2D eigenvalue weighted by molar-refractivity contribution is 0.199. The second kappa shape index (κ2) is 8.34. The maximum Gasteiger partial charge on any atom is 0.192 e. The third-order valence-electron chi connectivity index (χ3n) is 2.80. The van der Waals surface area contributed by atoms with Crippen molar-refractivity contribution in [1.82, 2.24) is 15.3 Å². The van der Waals surface area contributed by atoms with E-state index in [9.17, 15) is 0 Å². The van der Waals surface area contributed by atoms with Gasteiger partial charge in [-0.2, -0.15) is 0 Å². The summed E-state index contributed by atoms with van der Waals surface area (Å²) in [5, 5.41) is 4.78. The van der Waals surface area contributed by atoms with Gasteiger partial charge in [0.2, 0.25) is 0 Å². The first-order valence-electron chi connectivity index (χ1n) is 6.64. The highest BCUT2D eigenvalue weighted by atomic mass is 35.5. The number of halogens is 1. The van der Waals surface area contributed by atoms with Crippen LogP contribution in [0.3, 0.4) is 0 Å². The summed E-state index contributed by atoms with van der Waals surface area (Å²) in [5.41, 5.74) is 2.12. The molecule has 1 aromatic heterocycles. The lowest BCUT2D eigenvalue weighted by atomic mass is 10.2. The third-order valence-corrected chi connectivity index (χ3v) is 4.02. The molecule has 4 nitrogen and oxygen atoms in total. The standard InChI is InChI=1S/C15H18ClN3OS/c1-11-5-6-18-15(19-11)21-14-9-13(16)4-3-12(14)10-17-7-8-20-2/h3-6,9,17H,7-8,10H2,1-2H3. The van der Waals surface area contributed by atoms with Crippen molar-refractivity contribution in [3.8, 4) is 0 Å². The number of benzene rings is 1. The minimum Gasteiger partial charge on any atom is -0.383 e. The molecule has 0 saturated carbocycles.